The Labute approximate surface area is 131 Å². The van der Waals surface area contributed by atoms with Gasteiger partial charge in [0.15, 0.2) is 0 Å². The van der Waals surface area contributed by atoms with Crippen LogP contribution in [0.4, 0.5) is 0 Å². The summed E-state index contributed by atoms with van der Waals surface area (Å²) >= 11 is 7.47. The first-order valence-electron chi connectivity index (χ1n) is 6.89. The first-order valence-corrected chi connectivity index (χ1v) is 8.60. The molecule has 2 unspecified atom stereocenters. The molecule has 3 rings (SSSR count). The van der Waals surface area contributed by atoms with Gasteiger partial charge in [0, 0.05) is 27.9 Å². The van der Waals surface area contributed by atoms with Crippen molar-refractivity contribution >= 4 is 31.9 Å². The van der Waals surface area contributed by atoms with Crippen LogP contribution in [0, 0.1) is 0 Å². The molecule has 4 heteroatoms. The molecule has 0 N–H and O–H groups in total. The first kappa shape index (κ1) is 13.9. The van der Waals surface area contributed by atoms with Gasteiger partial charge in [-0.2, -0.15) is 0 Å². The second-order valence-corrected chi connectivity index (χ2v) is 7.73. The minimum atomic E-state index is 0.718. The highest BCUT2D eigenvalue weighted by Gasteiger charge is 2.39. The molecular weight excluding hydrogens is 370 g/mol. The molecule has 0 aliphatic carbocycles. The zero-order valence-electron chi connectivity index (χ0n) is 11.1. The van der Waals surface area contributed by atoms with E-state index < -0.39 is 0 Å². The number of ether oxygens (including phenoxy) is 1. The van der Waals surface area contributed by atoms with Crippen LogP contribution in [0.25, 0.3) is 0 Å². The van der Waals surface area contributed by atoms with Crippen LogP contribution in [0.1, 0.15) is 31.2 Å². The maximum atomic E-state index is 5.34. The van der Waals surface area contributed by atoms with Crippen molar-refractivity contribution in [2.24, 2.45) is 0 Å². The topological polar surface area (TPSA) is 12.5 Å². The molecule has 1 aromatic carbocycles. The van der Waals surface area contributed by atoms with Crippen molar-refractivity contribution in [3.63, 3.8) is 0 Å². The summed E-state index contributed by atoms with van der Waals surface area (Å²) < 4.78 is 6.53. The Morgan fingerprint density at radius 3 is 2.58 bits per heavy atom. The normalized spacial score (nSPS) is 30.6. The third-order valence-electron chi connectivity index (χ3n) is 4.43. The van der Waals surface area contributed by atoms with Gasteiger partial charge in [0.2, 0.25) is 0 Å². The van der Waals surface area contributed by atoms with Crippen LogP contribution in [0.5, 0.6) is 5.75 Å². The van der Waals surface area contributed by atoms with Crippen LogP contribution in [-0.4, -0.2) is 28.9 Å². The Morgan fingerprint density at radius 2 is 1.95 bits per heavy atom. The summed E-state index contributed by atoms with van der Waals surface area (Å²) in [5, 5.41) is 0. The SMILES string of the molecule is COc1ccc(Br)c(CN2C3CCC2CC(Br)C3)c1. The third kappa shape index (κ3) is 2.86. The zero-order chi connectivity index (χ0) is 13.4. The van der Waals surface area contributed by atoms with E-state index in [0.29, 0.717) is 0 Å². The summed E-state index contributed by atoms with van der Waals surface area (Å²) in [5.74, 6) is 0.945. The van der Waals surface area contributed by atoms with Gasteiger partial charge < -0.3 is 4.74 Å². The van der Waals surface area contributed by atoms with Gasteiger partial charge >= 0.3 is 0 Å². The van der Waals surface area contributed by atoms with E-state index in [1.54, 1.807) is 7.11 Å². The Kier molecular flexibility index (Phi) is 4.20. The number of alkyl halides is 1. The number of nitrogens with zero attached hydrogens (tertiary/aromatic N) is 1. The van der Waals surface area contributed by atoms with Crippen molar-refractivity contribution < 1.29 is 4.74 Å². The molecule has 0 saturated carbocycles. The van der Waals surface area contributed by atoms with Crippen LogP contribution in [0.2, 0.25) is 0 Å². The lowest BCUT2D eigenvalue weighted by Gasteiger charge is -2.37. The predicted octanol–water partition coefficient (Wildman–Crippen LogP) is 4.35. The number of rotatable bonds is 3. The quantitative estimate of drug-likeness (QED) is 0.713. The lowest BCUT2D eigenvalue weighted by molar-refractivity contribution is 0.136. The van der Waals surface area contributed by atoms with E-state index in [2.05, 4.69) is 48.9 Å². The van der Waals surface area contributed by atoms with Gasteiger partial charge in [-0.25, -0.2) is 0 Å². The smallest absolute Gasteiger partial charge is 0.119 e. The van der Waals surface area contributed by atoms with Gasteiger partial charge in [-0.05, 0) is 49.4 Å². The van der Waals surface area contributed by atoms with E-state index in [4.69, 9.17) is 4.74 Å². The van der Waals surface area contributed by atoms with Crippen molar-refractivity contribution in [1.82, 2.24) is 4.90 Å². The van der Waals surface area contributed by atoms with E-state index in [1.807, 2.05) is 6.07 Å². The summed E-state index contributed by atoms with van der Waals surface area (Å²) in [6.07, 6.45) is 5.29. The van der Waals surface area contributed by atoms with Crippen molar-refractivity contribution in [2.75, 3.05) is 7.11 Å². The highest BCUT2D eigenvalue weighted by Crippen LogP contribution is 2.40. The number of piperidine rings is 1. The summed E-state index contributed by atoms with van der Waals surface area (Å²) in [7, 11) is 1.73. The van der Waals surface area contributed by atoms with Gasteiger partial charge in [0.1, 0.15) is 5.75 Å². The minimum absolute atomic E-state index is 0.718. The molecule has 1 aromatic rings. The number of hydrogen-bond acceptors (Lipinski definition) is 2. The summed E-state index contributed by atoms with van der Waals surface area (Å²) in [6, 6.07) is 7.76. The molecule has 2 heterocycles. The van der Waals surface area contributed by atoms with E-state index in [0.717, 1.165) is 29.2 Å². The standard InChI is InChI=1S/C15H19Br2NO/c1-19-14-4-5-15(17)10(6-14)9-18-12-2-3-13(18)8-11(16)7-12/h4-6,11-13H,2-3,7-9H2,1H3. The summed E-state index contributed by atoms with van der Waals surface area (Å²) in [5.41, 5.74) is 1.34. The average Bonchev–Trinajstić information content (AvgIpc) is 2.64. The zero-order valence-corrected chi connectivity index (χ0v) is 14.3. The molecule has 0 radical (unpaired) electrons. The Bertz CT molecular complexity index is 451. The third-order valence-corrected chi connectivity index (χ3v) is 5.95. The van der Waals surface area contributed by atoms with Gasteiger partial charge in [-0.15, -0.1) is 0 Å². The van der Waals surface area contributed by atoms with E-state index in [1.165, 1.54) is 35.7 Å². The Morgan fingerprint density at radius 1 is 1.26 bits per heavy atom. The Hall–Kier alpha value is -0.0600. The fraction of sp³-hybridized carbons (Fsp3) is 0.600. The highest BCUT2D eigenvalue weighted by atomic mass is 79.9. The van der Waals surface area contributed by atoms with Crippen molar-refractivity contribution in [3.8, 4) is 5.75 Å². The van der Waals surface area contributed by atoms with Gasteiger partial charge in [-0.3, -0.25) is 4.90 Å². The van der Waals surface area contributed by atoms with Crippen LogP contribution in [0.3, 0.4) is 0 Å². The van der Waals surface area contributed by atoms with E-state index in [9.17, 15) is 0 Å². The average molecular weight is 389 g/mol. The molecular formula is C15H19Br2NO. The molecule has 2 fully saturated rings. The molecule has 0 spiro atoms. The predicted molar refractivity (Wildman–Crippen MR) is 85.0 cm³/mol. The van der Waals surface area contributed by atoms with Gasteiger partial charge in [0.25, 0.3) is 0 Å². The van der Waals surface area contributed by atoms with E-state index in [-0.39, 0.29) is 0 Å². The molecule has 0 amide bonds. The van der Waals surface area contributed by atoms with Crippen LogP contribution in [0.15, 0.2) is 22.7 Å². The molecule has 2 aliphatic rings. The van der Waals surface area contributed by atoms with Crippen molar-refractivity contribution in [1.29, 1.82) is 0 Å². The monoisotopic (exact) mass is 387 g/mol. The molecule has 2 nitrogen and oxygen atoms in total. The Balaban J connectivity index is 1.78. The van der Waals surface area contributed by atoms with Gasteiger partial charge in [0.05, 0.1) is 7.11 Å². The van der Waals surface area contributed by atoms with Gasteiger partial charge in [-0.1, -0.05) is 31.9 Å². The largest absolute Gasteiger partial charge is 0.497 e. The maximum absolute atomic E-state index is 5.34. The van der Waals surface area contributed by atoms with E-state index >= 15 is 0 Å². The number of hydrogen-bond donors (Lipinski definition) is 0. The second kappa shape index (κ2) is 5.74. The first-order chi connectivity index (χ1) is 9.17. The molecule has 2 aliphatic heterocycles. The van der Waals surface area contributed by atoms with Crippen LogP contribution in [-0.2, 0) is 6.54 Å². The highest BCUT2D eigenvalue weighted by molar-refractivity contribution is 9.10. The lowest BCUT2D eigenvalue weighted by Crippen LogP contribution is -2.42. The maximum Gasteiger partial charge on any atom is 0.119 e. The minimum Gasteiger partial charge on any atom is -0.497 e. The molecule has 104 valence electrons. The molecule has 0 aromatic heterocycles. The summed E-state index contributed by atoms with van der Waals surface area (Å²) in [6.45, 7) is 1.03. The number of methoxy groups -OCH3 is 1. The molecule has 19 heavy (non-hydrogen) atoms. The van der Waals surface area contributed by atoms with Crippen molar-refractivity contribution in [2.45, 2.75) is 49.1 Å². The number of fused-ring (bicyclic) bond motifs is 2. The molecule has 2 saturated heterocycles. The van der Waals surface area contributed by atoms with Crippen LogP contribution >= 0.6 is 31.9 Å². The number of benzene rings is 1. The molecule has 2 bridgehead atoms. The fourth-order valence-electron chi connectivity index (χ4n) is 3.46. The van der Waals surface area contributed by atoms with Crippen molar-refractivity contribution in [3.05, 3.63) is 28.2 Å². The number of halogens is 2. The summed E-state index contributed by atoms with van der Waals surface area (Å²) in [4.78, 5) is 3.41. The fourth-order valence-corrected chi connectivity index (χ4v) is 4.70. The lowest BCUT2D eigenvalue weighted by atomic mass is 10.0. The second-order valence-electron chi connectivity index (χ2n) is 5.58. The van der Waals surface area contributed by atoms with Crippen LogP contribution < -0.4 is 4.74 Å². The molecule has 2 atom stereocenters.